The predicted octanol–water partition coefficient (Wildman–Crippen LogP) is 3.78. The van der Waals surface area contributed by atoms with Crippen LogP contribution in [0.1, 0.15) is 41.6 Å². The van der Waals surface area contributed by atoms with Gasteiger partial charge in [-0.1, -0.05) is 37.8 Å². The van der Waals surface area contributed by atoms with E-state index in [1.165, 1.54) is 49.4 Å². The van der Waals surface area contributed by atoms with Crippen LogP contribution in [0.3, 0.4) is 0 Å². The second kappa shape index (κ2) is 7.50. The second-order valence-electron chi connectivity index (χ2n) is 6.96. The van der Waals surface area contributed by atoms with Crippen LogP contribution in [-0.2, 0) is 16.3 Å². The van der Waals surface area contributed by atoms with Crippen LogP contribution in [0.5, 0.6) is 5.75 Å². The standard InChI is InChI=1S/C20H23NO4S/c1-26(24,25)19-13-17(10-11-18(19)22)21-20(23)16-8-6-15(7-9-16)12-14-4-2-3-5-14/h6-11,13-14,22H,2-5,12H2,1H3,(H,21,23). The van der Waals surface area contributed by atoms with Crippen molar-refractivity contribution in [3.63, 3.8) is 0 Å². The lowest BCUT2D eigenvalue weighted by Crippen LogP contribution is -2.12. The third kappa shape index (κ3) is 4.43. The SMILES string of the molecule is CS(=O)(=O)c1cc(NC(=O)c2ccc(CC3CCCC3)cc2)ccc1O. The third-order valence-corrected chi connectivity index (χ3v) is 5.96. The zero-order valence-electron chi connectivity index (χ0n) is 14.7. The fraction of sp³-hybridized carbons (Fsp3) is 0.350. The molecule has 1 saturated carbocycles. The number of carbonyl (C=O) groups excluding carboxylic acids is 1. The Balaban J connectivity index is 1.70. The molecule has 1 aliphatic carbocycles. The van der Waals surface area contributed by atoms with Gasteiger partial charge in [-0.15, -0.1) is 0 Å². The van der Waals surface area contributed by atoms with Crippen LogP contribution >= 0.6 is 0 Å². The number of hydrogen-bond donors (Lipinski definition) is 2. The number of anilines is 1. The molecule has 0 unspecified atom stereocenters. The van der Waals surface area contributed by atoms with Crippen molar-refractivity contribution in [2.75, 3.05) is 11.6 Å². The summed E-state index contributed by atoms with van der Waals surface area (Å²) in [7, 11) is -3.57. The lowest BCUT2D eigenvalue weighted by Gasteiger charge is -2.10. The maximum absolute atomic E-state index is 12.4. The smallest absolute Gasteiger partial charge is 0.255 e. The molecule has 0 aromatic heterocycles. The Labute approximate surface area is 154 Å². The van der Waals surface area contributed by atoms with E-state index in [4.69, 9.17) is 0 Å². The molecule has 0 bridgehead atoms. The molecule has 6 heteroatoms. The number of sulfone groups is 1. The Bertz CT molecular complexity index is 898. The Hall–Kier alpha value is -2.34. The van der Waals surface area contributed by atoms with Gasteiger partial charge in [-0.3, -0.25) is 4.79 Å². The van der Waals surface area contributed by atoms with E-state index in [0.29, 0.717) is 11.3 Å². The summed E-state index contributed by atoms with van der Waals surface area (Å²) in [6, 6.07) is 11.5. The maximum atomic E-state index is 12.4. The van der Waals surface area contributed by atoms with E-state index in [2.05, 4.69) is 5.32 Å². The number of rotatable bonds is 5. The molecule has 2 N–H and O–H groups in total. The van der Waals surface area contributed by atoms with Crippen LogP contribution in [0.2, 0.25) is 0 Å². The zero-order valence-corrected chi connectivity index (χ0v) is 15.6. The lowest BCUT2D eigenvalue weighted by molar-refractivity contribution is 0.102. The molecule has 0 heterocycles. The Kier molecular flexibility index (Phi) is 5.32. The number of amides is 1. The number of phenols is 1. The maximum Gasteiger partial charge on any atom is 0.255 e. The normalized spacial score (nSPS) is 15.1. The van der Waals surface area contributed by atoms with E-state index in [9.17, 15) is 18.3 Å². The number of benzene rings is 2. The second-order valence-corrected chi connectivity index (χ2v) is 8.94. The number of nitrogens with one attached hydrogen (secondary N) is 1. The van der Waals surface area contributed by atoms with Gasteiger partial charge in [0.25, 0.3) is 5.91 Å². The Morgan fingerprint density at radius 2 is 1.77 bits per heavy atom. The Morgan fingerprint density at radius 3 is 2.38 bits per heavy atom. The first kappa shape index (κ1) is 18.5. The third-order valence-electron chi connectivity index (χ3n) is 4.83. The van der Waals surface area contributed by atoms with Crippen LogP contribution in [0.15, 0.2) is 47.4 Å². The molecule has 2 aromatic rings. The minimum Gasteiger partial charge on any atom is -0.507 e. The van der Waals surface area contributed by atoms with Gasteiger partial charge in [-0.05, 0) is 48.2 Å². The van der Waals surface area contributed by atoms with Crippen LogP contribution in [-0.4, -0.2) is 25.7 Å². The van der Waals surface area contributed by atoms with Gasteiger partial charge in [0.2, 0.25) is 0 Å². The molecule has 1 aliphatic rings. The molecule has 0 atom stereocenters. The molecule has 3 rings (SSSR count). The lowest BCUT2D eigenvalue weighted by atomic mass is 9.97. The first-order valence-electron chi connectivity index (χ1n) is 8.76. The van der Waals surface area contributed by atoms with E-state index in [0.717, 1.165) is 18.6 Å². The summed E-state index contributed by atoms with van der Waals surface area (Å²) in [5.41, 5.74) is 2.06. The van der Waals surface area contributed by atoms with Gasteiger partial charge in [-0.2, -0.15) is 0 Å². The average Bonchev–Trinajstić information content (AvgIpc) is 3.09. The summed E-state index contributed by atoms with van der Waals surface area (Å²) in [5.74, 6) is 0.102. The van der Waals surface area contributed by atoms with Crippen LogP contribution in [0.4, 0.5) is 5.69 Å². The summed E-state index contributed by atoms with van der Waals surface area (Å²) in [6.07, 6.45) is 7.26. The molecule has 138 valence electrons. The van der Waals surface area contributed by atoms with Crippen molar-refractivity contribution < 1.29 is 18.3 Å². The van der Waals surface area contributed by atoms with Gasteiger partial charge in [0.1, 0.15) is 10.6 Å². The highest BCUT2D eigenvalue weighted by Crippen LogP contribution is 2.28. The molecule has 0 aliphatic heterocycles. The van der Waals surface area contributed by atoms with E-state index < -0.39 is 9.84 Å². The van der Waals surface area contributed by atoms with Gasteiger partial charge in [0, 0.05) is 17.5 Å². The van der Waals surface area contributed by atoms with Crippen LogP contribution in [0, 0.1) is 5.92 Å². The summed E-state index contributed by atoms with van der Waals surface area (Å²) in [5, 5.41) is 12.4. The largest absolute Gasteiger partial charge is 0.507 e. The van der Waals surface area contributed by atoms with Crippen molar-refractivity contribution >= 4 is 21.4 Å². The van der Waals surface area contributed by atoms with Gasteiger partial charge >= 0.3 is 0 Å². The fourth-order valence-electron chi connectivity index (χ4n) is 3.43. The van der Waals surface area contributed by atoms with Gasteiger partial charge in [0.05, 0.1) is 0 Å². The number of carbonyl (C=O) groups is 1. The van der Waals surface area contributed by atoms with E-state index in [1.807, 2.05) is 12.1 Å². The summed E-state index contributed by atoms with van der Waals surface area (Å²) < 4.78 is 23.3. The van der Waals surface area contributed by atoms with E-state index in [1.54, 1.807) is 12.1 Å². The molecule has 1 fully saturated rings. The molecule has 0 saturated heterocycles. The number of hydrogen-bond acceptors (Lipinski definition) is 4. The molecule has 0 spiro atoms. The number of phenolic OH excluding ortho intramolecular Hbond substituents is 1. The first-order valence-corrected chi connectivity index (χ1v) is 10.7. The Morgan fingerprint density at radius 1 is 1.12 bits per heavy atom. The molecule has 5 nitrogen and oxygen atoms in total. The van der Waals surface area contributed by atoms with Crippen molar-refractivity contribution in [3.8, 4) is 5.75 Å². The first-order chi connectivity index (χ1) is 12.3. The molecular weight excluding hydrogens is 350 g/mol. The highest BCUT2D eigenvalue weighted by atomic mass is 32.2. The van der Waals surface area contributed by atoms with Crippen molar-refractivity contribution in [1.29, 1.82) is 0 Å². The van der Waals surface area contributed by atoms with E-state index in [-0.39, 0.29) is 16.6 Å². The van der Waals surface area contributed by atoms with Crippen molar-refractivity contribution in [2.24, 2.45) is 5.92 Å². The van der Waals surface area contributed by atoms with Gasteiger partial charge in [0.15, 0.2) is 9.84 Å². The number of aromatic hydroxyl groups is 1. The van der Waals surface area contributed by atoms with Crippen molar-refractivity contribution in [1.82, 2.24) is 0 Å². The van der Waals surface area contributed by atoms with Crippen LogP contribution < -0.4 is 5.32 Å². The highest BCUT2D eigenvalue weighted by molar-refractivity contribution is 7.90. The molecule has 26 heavy (non-hydrogen) atoms. The molecule has 0 radical (unpaired) electrons. The summed E-state index contributed by atoms with van der Waals surface area (Å²) >= 11 is 0. The molecule has 1 amide bonds. The average molecular weight is 373 g/mol. The topological polar surface area (TPSA) is 83.5 Å². The minimum atomic E-state index is -3.57. The van der Waals surface area contributed by atoms with Crippen LogP contribution in [0.25, 0.3) is 0 Å². The van der Waals surface area contributed by atoms with Gasteiger partial charge < -0.3 is 10.4 Å². The zero-order chi connectivity index (χ0) is 18.7. The fourth-order valence-corrected chi connectivity index (χ4v) is 4.22. The summed E-state index contributed by atoms with van der Waals surface area (Å²) in [4.78, 5) is 12.2. The molecule has 2 aromatic carbocycles. The van der Waals surface area contributed by atoms with E-state index >= 15 is 0 Å². The monoisotopic (exact) mass is 373 g/mol. The predicted molar refractivity (Wildman–Crippen MR) is 101 cm³/mol. The molecular formula is C20H23NO4S. The minimum absolute atomic E-state index is 0.206. The van der Waals surface area contributed by atoms with Gasteiger partial charge in [-0.25, -0.2) is 8.42 Å². The van der Waals surface area contributed by atoms with Crippen molar-refractivity contribution in [3.05, 3.63) is 53.6 Å². The summed E-state index contributed by atoms with van der Waals surface area (Å²) in [6.45, 7) is 0. The van der Waals surface area contributed by atoms with Crippen molar-refractivity contribution in [2.45, 2.75) is 37.0 Å². The highest BCUT2D eigenvalue weighted by Gasteiger charge is 2.17. The quantitative estimate of drug-likeness (QED) is 0.781.